The molecule has 2 N–H and O–H groups in total. The highest BCUT2D eigenvalue weighted by molar-refractivity contribution is 5.76. The van der Waals surface area contributed by atoms with E-state index in [1.54, 1.807) is 6.33 Å². The van der Waals surface area contributed by atoms with E-state index in [0.717, 1.165) is 30.3 Å². The molecule has 1 aliphatic heterocycles. The van der Waals surface area contributed by atoms with Gasteiger partial charge in [-0.25, -0.2) is 9.97 Å². The highest BCUT2D eigenvalue weighted by Gasteiger charge is 2.17. The van der Waals surface area contributed by atoms with Gasteiger partial charge in [0.15, 0.2) is 0 Å². The molecule has 0 bridgehead atoms. The molecule has 26 heavy (non-hydrogen) atoms. The van der Waals surface area contributed by atoms with Gasteiger partial charge in [-0.1, -0.05) is 37.3 Å². The minimum Gasteiger partial charge on any atom is -0.369 e. The van der Waals surface area contributed by atoms with Gasteiger partial charge < -0.3 is 15.5 Å². The third-order valence-corrected chi connectivity index (χ3v) is 4.62. The molecule has 138 valence electrons. The molecule has 3 rings (SSSR count). The molecule has 2 heterocycles. The normalized spacial score (nSPS) is 17.0. The largest absolute Gasteiger partial charge is 0.369 e. The Morgan fingerprint density at radius 1 is 1.27 bits per heavy atom. The van der Waals surface area contributed by atoms with Gasteiger partial charge in [0.1, 0.15) is 18.0 Å². The molecule has 1 atom stereocenters. The maximum atomic E-state index is 12.0. The van der Waals surface area contributed by atoms with E-state index >= 15 is 0 Å². The summed E-state index contributed by atoms with van der Waals surface area (Å²) in [5.74, 6) is 2.45. The first-order chi connectivity index (χ1) is 12.7. The van der Waals surface area contributed by atoms with Crippen LogP contribution in [-0.4, -0.2) is 35.5 Å². The minimum atomic E-state index is 0.0282. The molecule has 1 saturated heterocycles. The van der Waals surface area contributed by atoms with Crippen LogP contribution in [0.15, 0.2) is 42.7 Å². The minimum absolute atomic E-state index is 0.0282. The summed E-state index contributed by atoms with van der Waals surface area (Å²) in [6, 6.07) is 11.9. The van der Waals surface area contributed by atoms with Crippen LogP contribution in [0.1, 0.15) is 31.7 Å². The Bertz CT molecular complexity index is 706. The quantitative estimate of drug-likeness (QED) is 0.801. The molecule has 0 radical (unpaired) electrons. The molecule has 1 aromatic heterocycles. The number of amides is 1. The molecule has 0 spiro atoms. The fourth-order valence-corrected chi connectivity index (χ4v) is 3.20. The first-order valence-electron chi connectivity index (χ1n) is 9.32. The number of carbonyl (C=O) groups excluding carboxylic acids is 1. The second-order valence-electron chi connectivity index (χ2n) is 6.89. The smallest absolute Gasteiger partial charge is 0.222 e. The Kier molecular flexibility index (Phi) is 6.41. The molecule has 2 aromatic rings. The number of rotatable bonds is 7. The van der Waals surface area contributed by atoms with Crippen LogP contribution in [0.25, 0.3) is 0 Å². The van der Waals surface area contributed by atoms with E-state index in [0.29, 0.717) is 25.4 Å². The zero-order valence-electron chi connectivity index (χ0n) is 15.3. The van der Waals surface area contributed by atoms with Gasteiger partial charge in [-0.2, -0.15) is 0 Å². The number of piperidine rings is 1. The van der Waals surface area contributed by atoms with Crippen LogP contribution < -0.4 is 15.5 Å². The van der Waals surface area contributed by atoms with Crippen molar-refractivity contribution in [1.82, 2.24) is 15.3 Å². The SMILES string of the molecule is CC1CCCN(c2cc(NCCC(=O)NCc3ccccc3)ncn2)C1. The molecule has 1 aromatic carbocycles. The zero-order chi connectivity index (χ0) is 18.2. The van der Waals surface area contributed by atoms with E-state index < -0.39 is 0 Å². The van der Waals surface area contributed by atoms with Gasteiger partial charge >= 0.3 is 0 Å². The lowest BCUT2D eigenvalue weighted by Gasteiger charge is -2.31. The van der Waals surface area contributed by atoms with Gasteiger partial charge in [0.2, 0.25) is 5.91 Å². The summed E-state index contributed by atoms with van der Waals surface area (Å²) in [6.45, 7) is 5.47. The summed E-state index contributed by atoms with van der Waals surface area (Å²) in [5, 5.41) is 6.16. The van der Waals surface area contributed by atoms with Crippen molar-refractivity contribution in [2.24, 2.45) is 5.92 Å². The van der Waals surface area contributed by atoms with Crippen LogP contribution >= 0.6 is 0 Å². The first kappa shape index (κ1) is 18.2. The van der Waals surface area contributed by atoms with Crippen LogP contribution in [-0.2, 0) is 11.3 Å². The van der Waals surface area contributed by atoms with Gasteiger partial charge in [-0.15, -0.1) is 0 Å². The van der Waals surface area contributed by atoms with Gasteiger partial charge in [-0.3, -0.25) is 4.79 Å². The Labute approximate surface area is 155 Å². The monoisotopic (exact) mass is 353 g/mol. The summed E-state index contributed by atoms with van der Waals surface area (Å²) in [7, 11) is 0. The molecule has 1 amide bonds. The number of hydrogen-bond donors (Lipinski definition) is 2. The summed E-state index contributed by atoms with van der Waals surface area (Å²) >= 11 is 0. The molecule has 6 nitrogen and oxygen atoms in total. The lowest BCUT2D eigenvalue weighted by Crippen LogP contribution is -2.34. The van der Waals surface area contributed by atoms with Crippen molar-refractivity contribution in [1.29, 1.82) is 0 Å². The fraction of sp³-hybridized carbons (Fsp3) is 0.450. The lowest BCUT2D eigenvalue weighted by molar-refractivity contribution is -0.121. The maximum absolute atomic E-state index is 12.0. The molecular weight excluding hydrogens is 326 g/mol. The van der Waals surface area contributed by atoms with Crippen molar-refractivity contribution in [2.45, 2.75) is 32.7 Å². The summed E-state index contributed by atoms with van der Waals surface area (Å²) in [6.07, 6.45) is 4.49. The third kappa shape index (κ3) is 5.44. The van der Waals surface area contributed by atoms with Crippen molar-refractivity contribution in [2.75, 3.05) is 29.9 Å². The number of anilines is 2. The molecule has 1 fully saturated rings. The number of hydrogen-bond acceptors (Lipinski definition) is 5. The van der Waals surface area contributed by atoms with Gasteiger partial charge in [0.25, 0.3) is 0 Å². The third-order valence-electron chi connectivity index (χ3n) is 4.62. The second-order valence-corrected chi connectivity index (χ2v) is 6.89. The Morgan fingerprint density at radius 3 is 2.92 bits per heavy atom. The predicted molar refractivity (Wildman–Crippen MR) is 104 cm³/mol. The van der Waals surface area contributed by atoms with Crippen LogP contribution in [0, 0.1) is 5.92 Å². The Hall–Kier alpha value is -2.63. The predicted octanol–water partition coefficient (Wildman–Crippen LogP) is 2.83. The molecule has 1 unspecified atom stereocenters. The van der Waals surface area contributed by atoms with E-state index in [2.05, 4.69) is 32.4 Å². The van der Waals surface area contributed by atoms with Crippen LogP contribution in [0.3, 0.4) is 0 Å². The van der Waals surface area contributed by atoms with Crippen molar-refractivity contribution >= 4 is 17.5 Å². The summed E-state index contributed by atoms with van der Waals surface area (Å²) in [5.41, 5.74) is 1.10. The maximum Gasteiger partial charge on any atom is 0.222 e. The highest BCUT2D eigenvalue weighted by Crippen LogP contribution is 2.22. The van der Waals surface area contributed by atoms with Crippen molar-refractivity contribution in [3.8, 4) is 0 Å². The number of nitrogens with zero attached hydrogens (tertiary/aromatic N) is 3. The number of nitrogens with one attached hydrogen (secondary N) is 2. The lowest BCUT2D eigenvalue weighted by atomic mass is 10.0. The summed E-state index contributed by atoms with van der Waals surface area (Å²) in [4.78, 5) is 22.9. The van der Waals surface area contributed by atoms with Gasteiger partial charge in [0.05, 0.1) is 0 Å². The van der Waals surface area contributed by atoms with E-state index in [1.165, 1.54) is 12.8 Å². The van der Waals surface area contributed by atoms with E-state index in [4.69, 9.17) is 0 Å². The Morgan fingerprint density at radius 2 is 2.12 bits per heavy atom. The van der Waals surface area contributed by atoms with Gasteiger partial charge in [-0.05, 0) is 24.3 Å². The fourth-order valence-electron chi connectivity index (χ4n) is 3.20. The number of aromatic nitrogens is 2. The topological polar surface area (TPSA) is 70.2 Å². The number of benzene rings is 1. The van der Waals surface area contributed by atoms with E-state index in [-0.39, 0.29) is 5.91 Å². The molecule has 1 aliphatic rings. The Balaban J connectivity index is 1.43. The average molecular weight is 353 g/mol. The zero-order valence-corrected chi connectivity index (χ0v) is 15.3. The van der Waals surface area contributed by atoms with Crippen molar-refractivity contribution in [3.63, 3.8) is 0 Å². The van der Waals surface area contributed by atoms with E-state index in [9.17, 15) is 4.79 Å². The average Bonchev–Trinajstić information content (AvgIpc) is 2.67. The standard InChI is InChI=1S/C20H27N5O/c1-16-6-5-11-25(14-16)19-12-18(23-15-24-19)21-10-9-20(26)22-13-17-7-3-2-4-8-17/h2-4,7-8,12,15-16H,5-6,9-11,13-14H2,1H3,(H,22,26)(H,21,23,24). The van der Waals surface area contributed by atoms with Crippen molar-refractivity contribution in [3.05, 3.63) is 48.3 Å². The van der Waals surface area contributed by atoms with Crippen LogP contribution in [0.2, 0.25) is 0 Å². The molecule has 0 saturated carbocycles. The molecular formula is C20H27N5O. The van der Waals surface area contributed by atoms with Crippen LogP contribution in [0.5, 0.6) is 0 Å². The number of carbonyl (C=O) groups is 1. The first-order valence-corrected chi connectivity index (χ1v) is 9.32. The second kappa shape index (κ2) is 9.17. The van der Waals surface area contributed by atoms with Crippen molar-refractivity contribution < 1.29 is 4.79 Å². The molecule has 0 aliphatic carbocycles. The highest BCUT2D eigenvalue weighted by atomic mass is 16.1. The van der Waals surface area contributed by atoms with E-state index in [1.807, 2.05) is 36.4 Å². The molecule has 6 heteroatoms. The van der Waals surface area contributed by atoms with Crippen LogP contribution in [0.4, 0.5) is 11.6 Å². The van der Waals surface area contributed by atoms with Gasteiger partial charge in [0, 0.05) is 38.7 Å². The summed E-state index contributed by atoms with van der Waals surface area (Å²) < 4.78 is 0.